The maximum atomic E-state index is 14.6. The number of nitrogens with one attached hydrogen (secondary N) is 1. The van der Waals surface area contributed by atoms with Crippen LogP contribution in [0, 0.1) is 6.92 Å². The molecule has 0 heterocycles. The average Bonchev–Trinajstić information content (AvgIpc) is 3.06. The van der Waals surface area contributed by atoms with Crippen molar-refractivity contribution in [2.75, 3.05) is 18.0 Å². The number of aryl methyl sites for hydroxylation is 1. The van der Waals surface area contributed by atoms with Gasteiger partial charge in [-0.3, -0.25) is 13.9 Å². The normalized spacial score (nSPS) is 12.5. The number of methoxy groups -OCH3 is 1. The fourth-order valence-corrected chi connectivity index (χ4v) is 6.53. The molecule has 0 unspecified atom stereocenters. The van der Waals surface area contributed by atoms with Gasteiger partial charge in [-0.25, -0.2) is 8.42 Å². The zero-order valence-corrected chi connectivity index (χ0v) is 28.1. The zero-order chi connectivity index (χ0) is 33.3. The molecule has 0 saturated carbocycles. The summed E-state index contributed by atoms with van der Waals surface area (Å²) in [4.78, 5) is 29.9. The Kier molecular flexibility index (Phi) is 11.8. The molecule has 4 aromatic carbocycles. The highest BCUT2D eigenvalue weighted by atomic mass is 35.5. The minimum absolute atomic E-state index is 0.00493. The van der Waals surface area contributed by atoms with E-state index in [1.54, 1.807) is 54.6 Å². The Hall–Kier alpha value is -4.34. The molecule has 0 aliphatic rings. The molecule has 242 valence electrons. The summed E-state index contributed by atoms with van der Waals surface area (Å²) in [6.07, 6.45) is 0.915. The van der Waals surface area contributed by atoms with Crippen molar-refractivity contribution in [2.45, 2.75) is 57.1 Å². The molecule has 1 N–H and O–H groups in total. The van der Waals surface area contributed by atoms with Gasteiger partial charge in [0.1, 0.15) is 18.3 Å². The molecule has 0 aromatic heterocycles. The number of rotatable bonds is 14. The summed E-state index contributed by atoms with van der Waals surface area (Å²) in [5.41, 5.74) is 2.73. The van der Waals surface area contributed by atoms with Gasteiger partial charge in [0, 0.05) is 24.0 Å². The smallest absolute Gasteiger partial charge is 0.264 e. The van der Waals surface area contributed by atoms with Crippen molar-refractivity contribution < 1.29 is 22.7 Å². The molecular weight excluding hydrogens is 622 g/mol. The van der Waals surface area contributed by atoms with Crippen molar-refractivity contribution >= 4 is 39.1 Å². The molecular formula is C36H40ClN3O5S. The molecule has 0 radical (unpaired) electrons. The SMILES string of the molecule is CC[C@H](C)NC(=O)[C@@H](Cc1ccccc1)N(Cc1ccccc1Cl)C(=O)CN(c1ccc(C)cc1)S(=O)(=O)c1ccc(OC)cc1. The first kappa shape index (κ1) is 34.5. The Morgan fingerprint density at radius 1 is 0.891 bits per heavy atom. The van der Waals surface area contributed by atoms with Crippen molar-refractivity contribution in [1.29, 1.82) is 0 Å². The lowest BCUT2D eigenvalue weighted by Crippen LogP contribution is -2.54. The number of hydrogen-bond donors (Lipinski definition) is 1. The predicted octanol–water partition coefficient (Wildman–Crippen LogP) is 6.41. The van der Waals surface area contributed by atoms with E-state index in [2.05, 4.69) is 5.32 Å². The van der Waals surface area contributed by atoms with Crippen LogP contribution < -0.4 is 14.4 Å². The summed E-state index contributed by atoms with van der Waals surface area (Å²) < 4.78 is 34.7. The fourth-order valence-electron chi connectivity index (χ4n) is 4.92. The van der Waals surface area contributed by atoms with Gasteiger partial charge >= 0.3 is 0 Å². The van der Waals surface area contributed by atoms with Gasteiger partial charge in [-0.2, -0.15) is 0 Å². The highest BCUT2D eigenvalue weighted by Crippen LogP contribution is 2.27. The fraction of sp³-hybridized carbons (Fsp3) is 0.278. The van der Waals surface area contributed by atoms with Crippen molar-refractivity contribution in [3.05, 3.63) is 125 Å². The van der Waals surface area contributed by atoms with Crippen LogP contribution in [0.4, 0.5) is 5.69 Å². The summed E-state index contributed by atoms with van der Waals surface area (Å²) in [5.74, 6) is -0.393. The highest BCUT2D eigenvalue weighted by Gasteiger charge is 2.35. The van der Waals surface area contributed by atoms with E-state index in [0.717, 1.165) is 15.4 Å². The Bertz CT molecular complexity index is 1720. The summed E-state index contributed by atoms with van der Waals surface area (Å²) in [5, 5.41) is 3.47. The lowest BCUT2D eigenvalue weighted by atomic mass is 10.0. The number of carbonyl (C=O) groups is 2. The topological polar surface area (TPSA) is 96.0 Å². The van der Waals surface area contributed by atoms with E-state index in [9.17, 15) is 18.0 Å². The van der Waals surface area contributed by atoms with E-state index < -0.39 is 28.5 Å². The second-order valence-corrected chi connectivity index (χ2v) is 13.4. The van der Waals surface area contributed by atoms with Gasteiger partial charge in [0.25, 0.3) is 10.0 Å². The molecule has 2 atom stereocenters. The molecule has 0 bridgehead atoms. The van der Waals surface area contributed by atoms with Crippen LogP contribution in [0.1, 0.15) is 37.0 Å². The number of benzene rings is 4. The van der Waals surface area contributed by atoms with E-state index in [4.69, 9.17) is 16.3 Å². The molecule has 0 aliphatic carbocycles. The van der Waals surface area contributed by atoms with Crippen LogP contribution in [0.3, 0.4) is 0 Å². The molecule has 10 heteroatoms. The van der Waals surface area contributed by atoms with E-state index in [1.807, 2.05) is 57.2 Å². The number of anilines is 1. The van der Waals surface area contributed by atoms with Crippen LogP contribution in [0.15, 0.2) is 108 Å². The second kappa shape index (κ2) is 15.8. The molecule has 4 rings (SSSR count). The number of halogens is 1. The van der Waals surface area contributed by atoms with Crippen LogP contribution >= 0.6 is 11.6 Å². The standard InChI is InChI=1S/C36H40ClN3O5S/c1-5-27(3)38-36(42)34(23-28-11-7-6-8-12-28)39(24-29-13-9-10-14-33(29)37)35(41)25-40(30-17-15-26(2)16-18-30)46(43,44)32-21-19-31(45-4)20-22-32/h6-22,27,34H,5,23-25H2,1-4H3,(H,38,42)/t27-,34+/m0/s1. The minimum Gasteiger partial charge on any atom is -0.497 e. The van der Waals surface area contributed by atoms with Crippen LogP contribution in [-0.2, 0) is 32.6 Å². The van der Waals surface area contributed by atoms with Crippen LogP contribution in [-0.4, -0.2) is 50.9 Å². The molecule has 46 heavy (non-hydrogen) atoms. The summed E-state index contributed by atoms with van der Waals surface area (Å²) in [7, 11) is -2.73. The first-order chi connectivity index (χ1) is 22.0. The number of amides is 2. The zero-order valence-electron chi connectivity index (χ0n) is 26.5. The van der Waals surface area contributed by atoms with Gasteiger partial charge in [-0.1, -0.05) is 84.8 Å². The number of hydrogen-bond acceptors (Lipinski definition) is 5. The lowest BCUT2D eigenvalue weighted by molar-refractivity contribution is -0.140. The van der Waals surface area contributed by atoms with Gasteiger partial charge in [0.15, 0.2) is 0 Å². The van der Waals surface area contributed by atoms with Gasteiger partial charge in [-0.05, 0) is 73.9 Å². The Morgan fingerprint density at radius 3 is 2.13 bits per heavy atom. The lowest BCUT2D eigenvalue weighted by Gasteiger charge is -2.34. The van der Waals surface area contributed by atoms with Crippen LogP contribution in [0.25, 0.3) is 0 Å². The molecule has 0 fully saturated rings. The van der Waals surface area contributed by atoms with Crippen molar-refractivity contribution in [2.24, 2.45) is 0 Å². The largest absolute Gasteiger partial charge is 0.497 e. The third kappa shape index (κ3) is 8.68. The van der Waals surface area contributed by atoms with E-state index in [0.29, 0.717) is 28.4 Å². The third-order valence-electron chi connectivity index (χ3n) is 7.82. The monoisotopic (exact) mass is 661 g/mol. The minimum atomic E-state index is -4.23. The molecule has 0 aliphatic heterocycles. The first-order valence-corrected chi connectivity index (χ1v) is 17.0. The third-order valence-corrected chi connectivity index (χ3v) is 9.98. The first-order valence-electron chi connectivity index (χ1n) is 15.1. The quantitative estimate of drug-likeness (QED) is 0.169. The molecule has 0 saturated heterocycles. The second-order valence-electron chi connectivity index (χ2n) is 11.2. The number of carbonyl (C=O) groups excluding carboxylic acids is 2. The van der Waals surface area contributed by atoms with Crippen molar-refractivity contribution in [1.82, 2.24) is 10.2 Å². The van der Waals surface area contributed by atoms with Crippen LogP contribution in [0.2, 0.25) is 5.02 Å². The van der Waals surface area contributed by atoms with Gasteiger partial charge in [-0.15, -0.1) is 0 Å². The summed E-state index contributed by atoms with van der Waals surface area (Å²) in [6.45, 7) is 5.20. The number of ether oxygens (including phenoxy) is 1. The number of sulfonamides is 1. The van der Waals surface area contributed by atoms with Gasteiger partial charge in [0.05, 0.1) is 17.7 Å². The van der Waals surface area contributed by atoms with Gasteiger partial charge in [0.2, 0.25) is 11.8 Å². The molecule has 2 amide bonds. The maximum Gasteiger partial charge on any atom is 0.264 e. The van der Waals surface area contributed by atoms with E-state index in [-0.39, 0.29) is 29.8 Å². The molecule has 8 nitrogen and oxygen atoms in total. The highest BCUT2D eigenvalue weighted by molar-refractivity contribution is 7.92. The van der Waals surface area contributed by atoms with E-state index >= 15 is 0 Å². The summed E-state index contributed by atoms with van der Waals surface area (Å²) >= 11 is 6.56. The number of nitrogens with zero attached hydrogens (tertiary/aromatic N) is 2. The van der Waals surface area contributed by atoms with Crippen LogP contribution in [0.5, 0.6) is 5.75 Å². The van der Waals surface area contributed by atoms with Crippen molar-refractivity contribution in [3.8, 4) is 5.75 Å². The van der Waals surface area contributed by atoms with Crippen molar-refractivity contribution in [3.63, 3.8) is 0 Å². The Labute approximate surface area is 277 Å². The average molecular weight is 662 g/mol. The maximum absolute atomic E-state index is 14.6. The molecule has 0 spiro atoms. The Morgan fingerprint density at radius 2 is 1.52 bits per heavy atom. The Balaban J connectivity index is 1.81. The molecule has 4 aromatic rings. The summed E-state index contributed by atoms with van der Waals surface area (Å²) in [6, 6.07) is 28.3. The predicted molar refractivity (Wildman–Crippen MR) is 183 cm³/mol. The van der Waals surface area contributed by atoms with Gasteiger partial charge < -0.3 is 15.0 Å². The van der Waals surface area contributed by atoms with E-state index in [1.165, 1.54) is 24.1 Å².